The molecule has 0 bridgehead atoms. The van der Waals surface area contributed by atoms with Crippen molar-refractivity contribution in [3.05, 3.63) is 36.0 Å². The molecule has 0 spiro atoms. The van der Waals surface area contributed by atoms with Crippen LogP contribution in [0, 0.1) is 5.92 Å². The first-order valence-electron chi connectivity index (χ1n) is 6.50. The van der Waals surface area contributed by atoms with Crippen molar-refractivity contribution in [2.24, 2.45) is 5.92 Å². The van der Waals surface area contributed by atoms with Gasteiger partial charge in [0, 0.05) is 18.2 Å². The summed E-state index contributed by atoms with van der Waals surface area (Å²) in [5.41, 5.74) is 1.89. The molecule has 0 saturated heterocycles. The van der Waals surface area contributed by atoms with Crippen molar-refractivity contribution in [2.45, 2.75) is 20.4 Å². The highest BCUT2D eigenvalue weighted by molar-refractivity contribution is 5.59. The Labute approximate surface area is 113 Å². The number of ether oxygens (including phenoxy) is 1. The van der Waals surface area contributed by atoms with Gasteiger partial charge in [0.05, 0.1) is 12.8 Å². The topological polar surface area (TPSA) is 47.3 Å². The fourth-order valence-electron chi connectivity index (χ4n) is 1.80. The van der Waals surface area contributed by atoms with Crippen LogP contribution in [0.15, 0.2) is 34.9 Å². The van der Waals surface area contributed by atoms with E-state index in [-0.39, 0.29) is 0 Å². The highest BCUT2D eigenvalue weighted by atomic mass is 16.5. The highest BCUT2D eigenvalue weighted by Gasteiger charge is 2.07. The molecule has 0 aliphatic heterocycles. The first-order valence-corrected chi connectivity index (χ1v) is 6.50. The number of benzene rings is 1. The van der Waals surface area contributed by atoms with Gasteiger partial charge in [-0.15, -0.1) is 0 Å². The van der Waals surface area contributed by atoms with Crippen molar-refractivity contribution in [3.63, 3.8) is 0 Å². The van der Waals surface area contributed by atoms with E-state index >= 15 is 0 Å². The molecule has 0 unspecified atom stereocenters. The third-order valence-corrected chi connectivity index (χ3v) is 2.77. The maximum Gasteiger partial charge on any atom is 0.167 e. The minimum atomic E-state index is 0.629. The van der Waals surface area contributed by atoms with E-state index < -0.39 is 0 Å². The second-order valence-electron chi connectivity index (χ2n) is 4.94. The van der Waals surface area contributed by atoms with Gasteiger partial charge in [0.1, 0.15) is 5.75 Å². The smallest absolute Gasteiger partial charge is 0.167 e. The zero-order valence-corrected chi connectivity index (χ0v) is 11.6. The van der Waals surface area contributed by atoms with Crippen molar-refractivity contribution >= 4 is 0 Å². The number of hydrogen-bond acceptors (Lipinski definition) is 4. The molecule has 1 aromatic carbocycles. The molecule has 2 aromatic rings. The Morgan fingerprint density at radius 2 is 2.16 bits per heavy atom. The summed E-state index contributed by atoms with van der Waals surface area (Å²) in [6.45, 7) is 6.06. The Morgan fingerprint density at radius 3 is 2.89 bits per heavy atom. The Bertz CT molecular complexity index is 520. The maximum absolute atomic E-state index is 5.36. The first kappa shape index (κ1) is 13.6. The molecule has 0 saturated carbocycles. The molecular weight excluding hydrogens is 240 g/mol. The fourth-order valence-corrected chi connectivity index (χ4v) is 1.80. The van der Waals surface area contributed by atoms with Crippen molar-refractivity contribution in [1.29, 1.82) is 0 Å². The third kappa shape index (κ3) is 3.83. The summed E-state index contributed by atoms with van der Waals surface area (Å²) < 4.78 is 10.6. The van der Waals surface area contributed by atoms with Crippen molar-refractivity contribution in [1.82, 2.24) is 10.5 Å². The van der Waals surface area contributed by atoms with Gasteiger partial charge in [-0.3, -0.25) is 0 Å². The van der Waals surface area contributed by atoms with Gasteiger partial charge < -0.3 is 14.6 Å². The lowest BCUT2D eigenvalue weighted by Gasteiger charge is -2.04. The Kier molecular flexibility index (Phi) is 4.58. The summed E-state index contributed by atoms with van der Waals surface area (Å²) in [6.07, 6.45) is 0. The van der Waals surface area contributed by atoms with E-state index in [1.54, 1.807) is 7.11 Å². The minimum Gasteiger partial charge on any atom is -0.497 e. The van der Waals surface area contributed by atoms with Crippen LogP contribution < -0.4 is 10.1 Å². The van der Waals surface area contributed by atoms with Crippen LogP contribution in [0.2, 0.25) is 0 Å². The second kappa shape index (κ2) is 6.38. The van der Waals surface area contributed by atoms with Gasteiger partial charge in [0.25, 0.3) is 0 Å². The average molecular weight is 260 g/mol. The molecule has 0 aliphatic carbocycles. The Balaban J connectivity index is 2.03. The summed E-state index contributed by atoms with van der Waals surface area (Å²) >= 11 is 0. The van der Waals surface area contributed by atoms with Gasteiger partial charge in [-0.05, 0) is 24.6 Å². The van der Waals surface area contributed by atoms with E-state index in [4.69, 9.17) is 9.26 Å². The van der Waals surface area contributed by atoms with Crippen LogP contribution in [-0.4, -0.2) is 18.8 Å². The van der Waals surface area contributed by atoms with Crippen LogP contribution in [-0.2, 0) is 6.54 Å². The molecule has 1 aromatic heterocycles. The summed E-state index contributed by atoms with van der Waals surface area (Å²) in [5, 5.41) is 7.41. The summed E-state index contributed by atoms with van der Waals surface area (Å²) in [4.78, 5) is 0. The molecule has 4 heteroatoms. The van der Waals surface area contributed by atoms with Gasteiger partial charge in [-0.1, -0.05) is 31.1 Å². The van der Waals surface area contributed by atoms with E-state index in [9.17, 15) is 0 Å². The fraction of sp³-hybridized carbons (Fsp3) is 0.400. The number of aromatic nitrogens is 1. The molecule has 0 fully saturated rings. The molecule has 4 nitrogen and oxygen atoms in total. The van der Waals surface area contributed by atoms with Gasteiger partial charge in [-0.25, -0.2) is 0 Å². The molecular formula is C15H20N2O2. The van der Waals surface area contributed by atoms with Crippen molar-refractivity contribution in [2.75, 3.05) is 13.7 Å². The minimum absolute atomic E-state index is 0.629. The zero-order chi connectivity index (χ0) is 13.7. The highest BCUT2D eigenvalue weighted by Crippen LogP contribution is 2.24. The predicted octanol–water partition coefficient (Wildman–Crippen LogP) is 3.10. The van der Waals surface area contributed by atoms with Crippen LogP contribution in [0.5, 0.6) is 5.75 Å². The second-order valence-corrected chi connectivity index (χ2v) is 4.94. The normalized spacial score (nSPS) is 10.9. The Hall–Kier alpha value is -1.81. The van der Waals surface area contributed by atoms with E-state index in [0.717, 1.165) is 35.9 Å². The lowest BCUT2D eigenvalue weighted by Crippen LogP contribution is -2.18. The first-order chi connectivity index (χ1) is 9.19. The number of nitrogens with one attached hydrogen (secondary N) is 1. The molecule has 102 valence electrons. The molecule has 1 heterocycles. The predicted molar refractivity (Wildman–Crippen MR) is 75.0 cm³/mol. The standard InChI is InChI=1S/C15H20N2O2/c1-11(2)9-16-10-13-8-15(19-17-13)12-5-4-6-14(7-12)18-3/h4-8,11,16H,9-10H2,1-3H3. The van der Waals surface area contributed by atoms with Crippen molar-refractivity contribution < 1.29 is 9.26 Å². The lowest BCUT2D eigenvalue weighted by atomic mass is 10.1. The quantitative estimate of drug-likeness (QED) is 0.867. The molecule has 1 N–H and O–H groups in total. The SMILES string of the molecule is COc1cccc(-c2cc(CNCC(C)C)no2)c1. The number of rotatable bonds is 6. The number of hydrogen-bond donors (Lipinski definition) is 1. The van der Waals surface area contributed by atoms with Crippen molar-refractivity contribution in [3.8, 4) is 17.1 Å². The lowest BCUT2D eigenvalue weighted by molar-refractivity contribution is 0.411. The van der Waals surface area contributed by atoms with Gasteiger partial charge >= 0.3 is 0 Å². The maximum atomic E-state index is 5.36. The van der Waals surface area contributed by atoms with E-state index in [1.165, 1.54) is 0 Å². The van der Waals surface area contributed by atoms with E-state index in [2.05, 4.69) is 24.3 Å². The summed E-state index contributed by atoms with van der Waals surface area (Å²) in [5.74, 6) is 2.21. The molecule has 19 heavy (non-hydrogen) atoms. The van der Waals surface area contributed by atoms with Crippen LogP contribution in [0.4, 0.5) is 0 Å². The molecule has 2 rings (SSSR count). The number of methoxy groups -OCH3 is 1. The van der Waals surface area contributed by atoms with Gasteiger partial charge in [0.15, 0.2) is 5.76 Å². The molecule has 0 atom stereocenters. The Morgan fingerprint density at radius 1 is 1.32 bits per heavy atom. The van der Waals surface area contributed by atoms with Gasteiger partial charge in [0.2, 0.25) is 0 Å². The van der Waals surface area contributed by atoms with E-state index in [1.807, 2.05) is 30.3 Å². The van der Waals surface area contributed by atoms with Crippen LogP contribution in [0.25, 0.3) is 11.3 Å². The monoisotopic (exact) mass is 260 g/mol. The van der Waals surface area contributed by atoms with Crippen LogP contribution in [0.3, 0.4) is 0 Å². The zero-order valence-electron chi connectivity index (χ0n) is 11.6. The van der Waals surface area contributed by atoms with Crippen LogP contribution >= 0.6 is 0 Å². The largest absolute Gasteiger partial charge is 0.497 e. The van der Waals surface area contributed by atoms with E-state index in [0.29, 0.717) is 5.92 Å². The third-order valence-electron chi connectivity index (χ3n) is 2.77. The average Bonchev–Trinajstić information content (AvgIpc) is 2.87. The molecule has 0 amide bonds. The number of nitrogens with zero attached hydrogens (tertiary/aromatic N) is 1. The molecule has 0 radical (unpaired) electrons. The summed E-state index contributed by atoms with van der Waals surface area (Å²) in [6, 6.07) is 9.72. The summed E-state index contributed by atoms with van der Waals surface area (Å²) in [7, 11) is 1.65. The van der Waals surface area contributed by atoms with Crippen LogP contribution in [0.1, 0.15) is 19.5 Å². The molecule has 0 aliphatic rings. The van der Waals surface area contributed by atoms with Gasteiger partial charge in [-0.2, -0.15) is 0 Å².